The number of nitrogens with one attached hydrogen (secondary N) is 1. The number of benzene rings is 3. The summed E-state index contributed by atoms with van der Waals surface area (Å²) in [5, 5.41) is 8.43. The Morgan fingerprint density at radius 1 is 1.05 bits per heavy atom. The van der Waals surface area contributed by atoms with Gasteiger partial charge in [0, 0.05) is 17.0 Å². The van der Waals surface area contributed by atoms with Crippen LogP contribution in [0.15, 0.2) is 89.2 Å². The van der Waals surface area contributed by atoms with Gasteiger partial charge in [-0.2, -0.15) is 4.98 Å². The molecule has 6 nitrogen and oxygen atoms in total. The van der Waals surface area contributed by atoms with Gasteiger partial charge in [0.25, 0.3) is 0 Å². The van der Waals surface area contributed by atoms with E-state index in [2.05, 4.69) is 55.3 Å². The van der Waals surface area contributed by atoms with E-state index in [1.807, 2.05) is 37.3 Å². The molecule has 0 radical (unpaired) electrons. The fraction of sp³-hybridized carbons (Fsp3) is 0.281. The van der Waals surface area contributed by atoms with Crippen LogP contribution in [0.25, 0.3) is 0 Å². The van der Waals surface area contributed by atoms with Gasteiger partial charge in [0.2, 0.25) is 11.1 Å². The number of hydrogen-bond donors (Lipinski definition) is 1. The fourth-order valence-electron chi connectivity index (χ4n) is 4.73. The zero-order valence-electron chi connectivity index (χ0n) is 23.4. The molecule has 1 aliphatic heterocycles. The van der Waals surface area contributed by atoms with Crippen molar-refractivity contribution in [1.82, 2.24) is 14.8 Å². The minimum atomic E-state index is -0.442. The number of Topliss-reactive ketones (excluding diaryl/α,β-unsaturated/α-hetero) is 1. The number of halogens is 1. The van der Waals surface area contributed by atoms with Gasteiger partial charge in [0.1, 0.15) is 24.2 Å². The molecule has 8 heteroatoms. The number of rotatable bonds is 8. The monoisotopic (exact) mass is 556 g/mol. The van der Waals surface area contributed by atoms with E-state index < -0.39 is 6.04 Å². The van der Waals surface area contributed by atoms with Crippen molar-refractivity contribution in [2.45, 2.75) is 63.6 Å². The molecule has 0 saturated heterocycles. The van der Waals surface area contributed by atoms with Crippen molar-refractivity contribution in [3.8, 4) is 5.75 Å². The number of ketones is 1. The number of fused-ring (bicyclic) bond motifs is 1. The van der Waals surface area contributed by atoms with Crippen molar-refractivity contribution in [3.05, 3.63) is 112 Å². The lowest BCUT2D eigenvalue weighted by Gasteiger charge is -2.28. The molecule has 0 fully saturated rings. The van der Waals surface area contributed by atoms with Crippen LogP contribution in [0.4, 0.5) is 10.3 Å². The maximum absolute atomic E-state index is 14.1. The number of aromatic nitrogens is 3. The van der Waals surface area contributed by atoms with Gasteiger partial charge in [-0.15, -0.1) is 5.10 Å². The van der Waals surface area contributed by atoms with Gasteiger partial charge in [-0.1, -0.05) is 87.1 Å². The standard InChI is InChI=1S/C32H33FN4O2S/c1-20-28(21(2)38)29(37-30(34-20)35-31(36-37)40-19-24-8-6-7-9-27(24)33)23-12-16-26(17-13-23)39-18-22-10-14-25(15-11-22)32(3,4)5/h6-17,29H,18-19H2,1-5H3,(H,34,35,36). The number of carbonyl (C=O) groups is 1. The molecule has 1 aromatic heterocycles. The first-order valence-electron chi connectivity index (χ1n) is 13.2. The lowest BCUT2D eigenvalue weighted by molar-refractivity contribution is -0.114. The fourth-order valence-corrected chi connectivity index (χ4v) is 5.54. The summed E-state index contributed by atoms with van der Waals surface area (Å²) < 4.78 is 21.9. The van der Waals surface area contributed by atoms with Crippen molar-refractivity contribution >= 4 is 23.5 Å². The molecule has 1 N–H and O–H groups in total. The maximum Gasteiger partial charge on any atom is 0.227 e. The number of ether oxygens (including phenoxy) is 1. The van der Waals surface area contributed by atoms with E-state index in [0.717, 1.165) is 22.6 Å². The smallest absolute Gasteiger partial charge is 0.227 e. The number of hydrogen-bond acceptors (Lipinski definition) is 6. The predicted molar refractivity (Wildman–Crippen MR) is 157 cm³/mol. The van der Waals surface area contributed by atoms with Crippen LogP contribution < -0.4 is 10.1 Å². The second kappa shape index (κ2) is 11.3. The molecule has 0 amide bonds. The predicted octanol–water partition coefficient (Wildman–Crippen LogP) is 7.46. The number of thioether (sulfide) groups is 1. The quantitative estimate of drug-likeness (QED) is 0.227. The Morgan fingerprint density at radius 3 is 2.40 bits per heavy atom. The molecule has 1 aliphatic rings. The summed E-state index contributed by atoms with van der Waals surface area (Å²) in [6.07, 6.45) is 0. The molecule has 2 heterocycles. The van der Waals surface area contributed by atoms with Crippen LogP contribution in [0, 0.1) is 5.82 Å². The Kier molecular flexibility index (Phi) is 7.81. The summed E-state index contributed by atoms with van der Waals surface area (Å²) >= 11 is 1.35. The van der Waals surface area contributed by atoms with E-state index in [0.29, 0.717) is 34.6 Å². The number of anilines is 1. The van der Waals surface area contributed by atoms with Crippen molar-refractivity contribution in [1.29, 1.82) is 0 Å². The lowest BCUT2D eigenvalue weighted by atomic mass is 9.87. The van der Waals surface area contributed by atoms with E-state index in [1.54, 1.807) is 23.7 Å². The van der Waals surface area contributed by atoms with Crippen LogP contribution in [0.5, 0.6) is 5.75 Å². The summed E-state index contributed by atoms with van der Waals surface area (Å²) in [4.78, 5) is 17.4. The first-order valence-corrected chi connectivity index (χ1v) is 14.2. The molecule has 4 aromatic rings. The second-order valence-corrected chi connectivity index (χ2v) is 11.9. The average Bonchev–Trinajstić information content (AvgIpc) is 3.33. The Bertz CT molecular complexity index is 1550. The minimum Gasteiger partial charge on any atom is -0.489 e. The first kappa shape index (κ1) is 27.6. The first-order chi connectivity index (χ1) is 19.1. The Morgan fingerprint density at radius 2 is 1.75 bits per heavy atom. The normalized spacial score (nSPS) is 15.0. The van der Waals surface area contributed by atoms with E-state index >= 15 is 0 Å². The maximum atomic E-state index is 14.1. The average molecular weight is 557 g/mol. The van der Waals surface area contributed by atoms with Crippen LogP contribution in [0.1, 0.15) is 62.9 Å². The zero-order valence-corrected chi connectivity index (χ0v) is 24.2. The number of carbonyl (C=O) groups excluding carboxylic acids is 1. The van der Waals surface area contributed by atoms with Crippen molar-refractivity contribution in [2.75, 3.05) is 5.32 Å². The van der Waals surface area contributed by atoms with Gasteiger partial charge in [0.15, 0.2) is 5.78 Å². The largest absolute Gasteiger partial charge is 0.489 e. The van der Waals surface area contributed by atoms with Gasteiger partial charge in [0.05, 0.1) is 0 Å². The molecule has 1 unspecified atom stereocenters. The van der Waals surface area contributed by atoms with Crippen LogP contribution in [-0.2, 0) is 22.6 Å². The van der Waals surface area contributed by atoms with E-state index in [-0.39, 0.29) is 17.0 Å². The van der Waals surface area contributed by atoms with Crippen LogP contribution in [-0.4, -0.2) is 20.5 Å². The second-order valence-electron chi connectivity index (χ2n) is 11.0. The molecular formula is C32H33FN4O2S. The third kappa shape index (κ3) is 5.97. The van der Waals surface area contributed by atoms with Gasteiger partial charge in [-0.25, -0.2) is 9.07 Å². The Balaban J connectivity index is 1.34. The highest BCUT2D eigenvalue weighted by molar-refractivity contribution is 7.98. The third-order valence-corrected chi connectivity index (χ3v) is 7.83. The third-order valence-electron chi connectivity index (χ3n) is 6.95. The summed E-state index contributed by atoms with van der Waals surface area (Å²) in [5.74, 6) is 1.38. The van der Waals surface area contributed by atoms with Crippen molar-refractivity contribution in [2.24, 2.45) is 0 Å². The summed E-state index contributed by atoms with van der Waals surface area (Å²) in [6.45, 7) is 10.5. The molecular weight excluding hydrogens is 523 g/mol. The molecule has 5 rings (SSSR count). The molecule has 0 spiro atoms. The van der Waals surface area contributed by atoms with E-state index in [4.69, 9.17) is 9.84 Å². The van der Waals surface area contributed by atoms with Crippen LogP contribution >= 0.6 is 11.8 Å². The summed E-state index contributed by atoms with van der Waals surface area (Å²) in [7, 11) is 0. The zero-order chi connectivity index (χ0) is 28.4. The highest BCUT2D eigenvalue weighted by Gasteiger charge is 2.32. The van der Waals surface area contributed by atoms with Gasteiger partial charge in [-0.3, -0.25) is 4.79 Å². The minimum absolute atomic E-state index is 0.0456. The molecule has 206 valence electrons. The lowest BCUT2D eigenvalue weighted by Crippen LogP contribution is -2.27. The highest BCUT2D eigenvalue weighted by atomic mass is 32.2. The summed E-state index contributed by atoms with van der Waals surface area (Å²) in [5.41, 5.74) is 5.33. The van der Waals surface area contributed by atoms with Crippen LogP contribution in [0.3, 0.4) is 0 Å². The highest BCUT2D eigenvalue weighted by Crippen LogP contribution is 2.37. The van der Waals surface area contributed by atoms with Gasteiger partial charge in [-0.05, 0) is 59.7 Å². The molecule has 3 aromatic carbocycles. The molecule has 1 atom stereocenters. The van der Waals surface area contributed by atoms with E-state index in [1.165, 1.54) is 23.4 Å². The molecule has 0 aliphatic carbocycles. The molecule has 0 bridgehead atoms. The van der Waals surface area contributed by atoms with Crippen molar-refractivity contribution in [3.63, 3.8) is 0 Å². The van der Waals surface area contributed by atoms with Gasteiger partial charge < -0.3 is 10.1 Å². The SMILES string of the molecule is CC(=O)C1=C(C)Nc2nc(SCc3ccccc3F)nn2C1c1ccc(OCc2ccc(C(C)(C)C)cc2)cc1. The topological polar surface area (TPSA) is 69.0 Å². The van der Waals surface area contributed by atoms with Crippen molar-refractivity contribution < 1.29 is 13.9 Å². The molecule has 0 saturated carbocycles. The summed E-state index contributed by atoms with van der Waals surface area (Å²) in [6, 6.07) is 22.5. The molecule has 40 heavy (non-hydrogen) atoms. The Labute approximate surface area is 238 Å². The van der Waals surface area contributed by atoms with Gasteiger partial charge >= 0.3 is 0 Å². The Hall–Kier alpha value is -3.91. The number of nitrogens with zero attached hydrogens (tertiary/aromatic N) is 3. The van der Waals surface area contributed by atoms with Crippen LogP contribution in [0.2, 0.25) is 0 Å². The van der Waals surface area contributed by atoms with E-state index in [9.17, 15) is 9.18 Å². The number of allylic oxidation sites excluding steroid dienone is 2.